The zero-order chi connectivity index (χ0) is 20.2. The Morgan fingerprint density at radius 2 is 1.69 bits per heavy atom. The number of amides is 3. The first-order valence-corrected chi connectivity index (χ1v) is 10.0. The van der Waals surface area contributed by atoms with E-state index in [0.29, 0.717) is 45.0 Å². The van der Waals surface area contributed by atoms with Crippen molar-refractivity contribution in [2.45, 2.75) is 12.8 Å². The van der Waals surface area contributed by atoms with Gasteiger partial charge in [0.05, 0.1) is 12.2 Å². The van der Waals surface area contributed by atoms with Crippen LogP contribution in [0.5, 0.6) is 0 Å². The molecular formula is C22H25N3O4. The Morgan fingerprint density at radius 3 is 2.38 bits per heavy atom. The van der Waals surface area contributed by atoms with Gasteiger partial charge in [-0.25, -0.2) is 0 Å². The zero-order valence-corrected chi connectivity index (χ0v) is 16.3. The number of nitrogens with zero attached hydrogens (tertiary/aromatic N) is 3. The van der Waals surface area contributed by atoms with Crippen molar-refractivity contribution in [3.8, 4) is 0 Å². The van der Waals surface area contributed by atoms with E-state index in [0.717, 1.165) is 6.42 Å². The number of piperazine rings is 1. The van der Waals surface area contributed by atoms with Crippen LogP contribution in [0.3, 0.4) is 0 Å². The molecule has 2 aromatic rings. The van der Waals surface area contributed by atoms with Crippen LogP contribution in [0.15, 0.2) is 53.1 Å². The summed E-state index contributed by atoms with van der Waals surface area (Å²) >= 11 is 0. The highest BCUT2D eigenvalue weighted by molar-refractivity contribution is 5.92. The maximum Gasteiger partial charge on any atom is 0.289 e. The van der Waals surface area contributed by atoms with Gasteiger partial charge in [0.15, 0.2) is 5.76 Å². The van der Waals surface area contributed by atoms with Gasteiger partial charge >= 0.3 is 0 Å². The van der Waals surface area contributed by atoms with Gasteiger partial charge in [0.25, 0.3) is 5.91 Å². The molecule has 1 aromatic heterocycles. The third kappa shape index (κ3) is 4.34. The van der Waals surface area contributed by atoms with Crippen molar-refractivity contribution >= 4 is 17.7 Å². The van der Waals surface area contributed by atoms with E-state index >= 15 is 0 Å². The second-order valence-corrected chi connectivity index (χ2v) is 7.57. The Labute approximate surface area is 169 Å². The summed E-state index contributed by atoms with van der Waals surface area (Å²) in [6.45, 7) is 3.04. The lowest BCUT2D eigenvalue weighted by atomic mass is 10.1. The van der Waals surface area contributed by atoms with Crippen LogP contribution in [0.1, 0.15) is 22.5 Å². The maximum atomic E-state index is 12.9. The maximum absolute atomic E-state index is 12.9. The van der Waals surface area contributed by atoms with E-state index in [-0.39, 0.29) is 30.1 Å². The van der Waals surface area contributed by atoms with Gasteiger partial charge < -0.3 is 19.1 Å². The van der Waals surface area contributed by atoms with Crippen molar-refractivity contribution < 1.29 is 18.8 Å². The molecule has 1 atom stereocenters. The molecule has 2 aliphatic heterocycles. The van der Waals surface area contributed by atoms with Gasteiger partial charge in [0, 0.05) is 45.7 Å². The van der Waals surface area contributed by atoms with Crippen molar-refractivity contribution in [3.63, 3.8) is 0 Å². The van der Waals surface area contributed by atoms with Gasteiger partial charge in [0.2, 0.25) is 11.8 Å². The van der Waals surface area contributed by atoms with Crippen LogP contribution in [0.25, 0.3) is 0 Å². The summed E-state index contributed by atoms with van der Waals surface area (Å²) in [7, 11) is 0. The van der Waals surface area contributed by atoms with Crippen LogP contribution in [0, 0.1) is 5.92 Å². The number of benzene rings is 1. The molecule has 0 aliphatic carbocycles. The minimum absolute atomic E-state index is 0.0191. The number of hydrogen-bond donors (Lipinski definition) is 0. The summed E-state index contributed by atoms with van der Waals surface area (Å²) in [5.41, 5.74) is 1.19. The van der Waals surface area contributed by atoms with Crippen LogP contribution in [-0.2, 0) is 16.0 Å². The third-order valence-electron chi connectivity index (χ3n) is 5.69. The van der Waals surface area contributed by atoms with Crippen LogP contribution in [-0.4, -0.2) is 71.7 Å². The van der Waals surface area contributed by atoms with E-state index in [1.807, 2.05) is 30.3 Å². The smallest absolute Gasteiger partial charge is 0.289 e. The summed E-state index contributed by atoms with van der Waals surface area (Å²) in [6, 6.07) is 13.4. The van der Waals surface area contributed by atoms with E-state index in [1.54, 1.807) is 26.8 Å². The van der Waals surface area contributed by atoms with Crippen molar-refractivity contribution in [1.29, 1.82) is 0 Å². The largest absolute Gasteiger partial charge is 0.459 e. The van der Waals surface area contributed by atoms with E-state index in [2.05, 4.69) is 0 Å². The zero-order valence-electron chi connectivity index (χ0n) is 16.3. The van der Waals surface area contributed by atoms with Crippen LogP contribution in [0.2, 0.25) is 0 Å². The molecule has 0 N–H and O–H groups in total. The third-order valence-corrected chi connectivity index (χ3v) is 5.69. The minimum atomic E-state index is -0.286. The first kappa shape index (κ1) is 19.2. The molecule has 1 unspecified atom stereocenters. The number of furan rings is 1. The van der Waals surface area contributed by atoms with Gasteiger partial charge in [-0.05, 0) is 24.1 Å². The summed E-state index contributed by atoms with van der Waals surface area (Å²) in [5, 5.41) is 0. The fraction of sp³-hybridized carbons (Fsp3) is 0.409. The van der Waals surface area contributed by atoms with E-state index in [4.69, 9.17) is 4.42 Å². The van der Waals surface area contributed by atoms with Crippen molar-refractivity contribution in [3.05, 3.63) is 60.1 Å². The highest BCUT2D eigenvalue weighted by atomic mass is 16.3. The first-order chi connectivity index (χ1) is 14.1. The number of likely N-dealkylation sites (tertiary alicyclic amines) is 1. The molecule has 7 heteroatoms. The molecule has 0 saturated carbocycles. The molecule has 0 bridgehead atoms. The topological polar surface area (TPSA) is 74.1 Å². The molecule has 2 saturated heterocycles. The Bertz CT molecular complexity index is 857. The Balaban J connectivity index is 1.27. The fourth-order valence-electron chi connectivity index (χ4n) is 4.01. The molecule has 2 fully saturated rings. The monoisotopic (exact) mass is 395 g/mol. The highest BCUT2D eigenvalue weighted by Gasteiger charge is 2.37. The highest BCUT2D eigenvalue weighted by Crippen LogP contribution is 2.22. The van der Waals surface area contributed by atoms with Crippen molar-refractivity contribution in [2.24, 2.45) is 5.92 Å². The molecule has 7 nitrogen and oxygen atoms in total. The van der Waals surface area contributed by atoms with Gasteiger partial charge in [-0.1, -0.05) is 30.3 Å². The molecule has 1 aromatic carbocycles. The molecule has 0 spiro atoms. The van der Waals surface area contributed by atoms with Gasteiger partial charge in [0.1, 0.15) is 0 Å². The van der Waals surface area contributed by atoms with Crippen LogP contribution < -0.4 is 0 Å². The van der Waals surface area contributed by atoms with Crippen molar-refractivity contribution in [2.75, 3.05) is 39.3 Å². The average molecular weight is 395 g/mol. The lowest BCUT2D eigenvalue weighted by molar-refractivity contribution is -0.137. The Morgan fingerprint density at radius 1 is 0.966 bits per heavy atom. The first-order valence-electron chi connectivity index (χ1n) is 10.0. The Hall–Kier alpha value is -3.09. The summed E-state index contributed by atoms with van der Waals surface area (Å²) in [6.07, 6.45) is 2.55. The Kier molecular flexibility index (Phi) is 5.64. The number of carbonyl (C=O) groups excluding carboxylic acids is 3. The minimum Gasteiger partial charge on any atom is -0.459 e. The average Bonchev–Trinajstić information content (AvgIpc) is 3.42. The number of carbonyl (C=O) groups is 3. The molecule has 0 radical (unpaired) electrons. The van der Waals surface area contributed by atoms with Crippen LogP contribution >= 0.6 is 0 Å². The predicted octanol–water partition coefficient (Wildman–Crippen LogP) is 1.66. The molecule has 152 valence electrons. The lowest BCUT2D eigenvalue weighted by Crippen LogP contribution is -2.52. The molecule has 4 rings (SSSR count). The van der Waals surface area contributed by atoms with E-state index in [1.165, 1.54) is 11.8 Å². The SMILES string of the molecule is O=C1CC(C(=O)N2CCN(C(=O)c3ccco3)CC2)CN1CCc1ccccc1. The van der Waals surface area contributed by atoms with Gasteiger partial charge in [-0.2, -0.15) is 0 Å². The predicted molar refractivity (Wildman–Crippen MR) is 106 cm³/mol. The van der Waals surface area contributed by atoms with Crippen LogP contribution in [0.4, 0.5) is 0 Å². The van der Waals surface area contributed by atoms with E-state index in [9.17, 15) is 14.4 Å². The molecule has 3 heterocycles. The quantitative estimate of drug-likeness (QED) is 0.772. The fourth-order valence-corrected chi connectivity index (χ4v) is 4.01. The summed E-state index contributed by atoms with van der Waals surface area (Å²) in [4.78, 5) is 42.9. The summed E-state index contributed by atoms with van der Waals surface area (Å²) < 4.78 is 5.17. The van der Waals surface area contributed by atoms with Crippen molar-refractivity contribution in [1.82, 2.24) is 14.7 Å². The molecular weight excluding hydrogens is 370 g/mol. The number of rotatable bonds is 5. The molecule has 29 heavy (non-hydrogen) atoms. The van der Waals surface area contributed by atoms with E-state index < -0.39 is 0 Å². The normalized spacial score (nSPS) is 19.7. The second-order valence-electron chi connectivity index (χ2n) is 7.57. The molecule has 3 amide bonds. The molecule has 2 aliphatic rings. The summed E-state index contributed by atoms with van der Waals surface area (Å²) in [5.74, 6) is -0.0485. The lowest BCUT2D eigenvalue weighted by Gasteiger charge is -2.35. The number of hydrogen-bond acceptors (Lipinski definition) is 4. The second kappa shape index (κ2) is 8.51. The van der Waals surface area contributed by atoms with Gasteiger partial charge in [-0.3, -0.25) is 14.4 Å². The standard InChI is InChI=1S/C22H25N3O4/c26-20-15-18(16-25(20)9-8-17-5-2-1-3-6-17)21(27)23-10-12-24(13-11-23)22(28)19-7-4-14-29-19/h1-7,14,18H,8-13,15-16H2. The van der Waals surface area contributed by atoms with Gasteiger partial charge in [-0.15, -0.1) is 0 Å².